The van der Waals surface area contributed by atoms with Gasteiger partial charge < -0.3 is 14.4 Å². The van der Waals surface area contributed by atoms with Crippen LogP contribution in [0.3, 0.4) is 0 Å². The first kappa shape index (κ1) is 16.2. The molecule has 1 saturated heterocycles. The Labute approximate surface area is 130 Å². The van der Waals surface area contributed by atoms with Gasteiger partial charge in [-0.25, -0.2) is 0 Å². The molecule has 21 heavy (non-hydrogen) atoms. The Balaban J connectivity index is 1.86. The van der Waals surface area contributed by atoms with Gasteiger partial charge in [0.15, 0.2) is 0 Å². The van der Waals surface area contributed by atoms with E-state index in [0.717, 1.165) is 32.5 Å². The first-order valence-electron chi connectivity index (χ1n) is 7.52. The van der Waals surface area contributed by atoms with Crippen LogP contribution in [0.15, 0.2) is 0 Å². The fourth-order valence-corrected chi connectivity index (χ4v) is 2.28. The third-order valence-electron chi connectivity index (χ3n) is 3.12. The smallest absolute Gasteiger partial charge is 0.322 e. The lowest BCUT2D eigenvalue weighted by Crippen LogP contribution is -2.31. The summed E-state index contributed by atoms with van der Waals surface area (Å²) in [5, 5.41) is 0.170. The van der Waals surface area contributed by atoms with Crippen molar-refractivity contribution in [2.45, 2.75) is 33.1 Å². The second-order valence-corrected chi connectivity index (χ2v) is 5.89. The summed E-state index contributed by atoms with van der Waals surface area (Å²) in [6.07, 6.45) is 3.57. The van der Waals surface area contributed by atoms with Gasteiger partial charge >= 0.3 is 6.01 Å². The molecule has 7 heteroatoms. The Morgan fingerprint density at radius 2 is 1.86 bits per heavy atom. The number of rotatable bonds is 7. The molecule has 1 aromatic rings. The van der Waals surface area contributed by atoms with Crippen molar-refractivity contribution in [3.8, 4) is 6.01 Å². The SMILES string of the molecule is CC(C)COCCOc1nc(Cl)nc(N2CCCCC2)n1. The maximum absolute atomic E-state index is 5.95. The van der Waals surface area contributed by atoms with E-state index in [-0.39, 0.29) is 11.3 Å². The predicted octanol–water partition coefficient (Wildman–Crippen LogP) is 2.57. The molecule has 0 unspecified atom stereocenters. The number of nitrogens with zero attached hydrogens (tertiary/aromatic N) is 4. The molecule has 0 N–H and O–H groups in total. The van der Waals surface area contributed by atoms with Crippen LogP contribution in [0.1, 0.15) is 33.1 Å². The van der Waals surface area contributed by atoms with Gasteiger partial charge in [-0.3, -0.25) is 0 Å². The predicted molar refractivity (Wildman–Crippen MR) is 82.1 cm³/mol. The van der Waals surface area contributed by atoms with E-state index in [1.807, 2.05) is 0 Å². The van der Waals surface area contributed by atoms with E-state index in [9.17, 15) is 0 Å². The number of halogens is 1. The topological polar surface area (TPSA) is 60.4 Å². The molecule has 0 atom stereocenters. The monoisotopic (exact) mass is 314 g/mol. The van der Waals surface area contributed by atoms with Crippen LogP contribution in [0.25, 0.3) is 0 Å². The number of anilines is 1. The molecule has 1 aliphatic rings. The third-order valence-corrected chi connectivity index (χ3v) is 3.29. The van der Waals surface area contributed by atoms with Gasteiger partial charge in [0.05, 0.1) is 6.61 Å². The van der Waals surface area contributed by atoms with Crippen molar-refractivity contribution in [1.82, 2.24) is 15.0 Å². The molecule has 1 aromatic heterocycles. The minimum atomic E-state index is 0.170. The number of hydrogen-bond acceptors (Lipinski definition) is 6. The zero-order valence-electron chi connectivity index (χ0n) is 12.7. The lowest BCUT2D eigenvalue weighted by molar-refractivity contribution is 0.0791. The van der Waals surface area contributed by atoms with Crippen LogP contribution in [-0.4, -0.2) is 47.9 Å². The highest BCUT2D eigenvalue weighted by molar-refractivity contribution is 6.28. The summed E-state index contributed by atoms with van der Waals surface area (Å²) in [5.74, 6) is 1.12. The van der Waals surface area contributed by atoms with Crippen molar-refractivity contribution in [3.63, 3.8) is 0 Å². The van der Waals surface area contributed by atoms with Gasteiger partial charge in [-0.15, -0.1) is 0 Å². The standard InChI is InChI=1S/C14H23ClN4O2/c1-11(2)10-20-8-9-21-14-17-12(15)16-13(18-14)19-6-4-3-5-7-19/h11H,3-10H2,1-2H3. The van der Waals surface area contributed by atoms with Crippen LogP contribution in [0.4, 0.5) is 5.95 Å². The van der Waals surface area contributed by atoms with E-state index < -0.39 is 0 Å². The molecule has 0 aliphatic carbocycles. The van der Waals surface area contributed by atoms with Gasteiger partial charge in [0, 0.05) is 19.7 Å². The second kappa shape index (κ2) is 8.34. The summed E-state index contributed by atoms with van der Waals surface area (Å²) in [7, 11) is 0. The van der Waals surface area contributed by atoms with Crippen molar-refractivity contribution in [2.24, 2.45) is 5.92 Å². The summed E-state index contributed by atoms with van der Waals surface area (Å²) < 4.78 is 11.0. The largest absolute Gasteiger partial charge is 0.461 e. The van der Waals surface area contributed by atoms with Gasteiger partial charge in [-0.1, -0.05) is 13.8 Å². The van der Waals surface area contributed by atoms with Crippen molar-refractivity contribution in [3.05, 3.63) is 5.28 Å². The fraction of sp³-hybridized carbons (Fsp3) is 0.786. The van der Waals surface area contributed by atoms with Crippen molar-refractivity contribution < 1.29 is 9.47 Å². The number of piperidine rings is 1. The van der Waals surface area contributed by atoms with E-state index >= 15 is 0 Å². The summed E-state index contributed by atoms with van der Waals surface area (Å²) in [4.78, 5) is 14.6. The van der Waals surface area contributed by atoms with Crippen LogP contribution >= 0.6 is 11.6 Å². The molecule has 6 nitrogen and oxygen atoms in total. The van der Waals surface area contributed by atoms with Gasteiger partial charge in [0.1, 0.15) is 6.61 Å². The van der Waals surface area contributed by atoms with Gasteiger partial charge in [-0.05, 0) is 36.8 Å². The minimum absolute atomic E-state index is 0.170. The summed E-state index contributed by atoms with van der Waals surface area (Å²) in [6.45, 7) is 7.77. The molecule has 2 rings (SSSR count). The molecule has 118 valence electrons. The molecule has 0 spiro atoms. The Bertz CT molecular complexity index is 439. The van der Waals surface area contributed by atoms with Crippen LogP contribution in [-0.2, 0) is 4.74 Å². The van der Waals surface area contributed by atoms with Gasteiger partial charge in [-0.2, -0.15) is 15.0 Å². The quantitative estimate of drug-likeness (QED) is 0.721. The zero-order chi connectivity index (χ0) is 15.1. The molecule has 0 amide bonds. The highest BCUT2D eigenvalue weighted by Crippen LogP contribution is 2.19. The summed E-state index contributed by atoms with van der Waals surface area (Å²) in [5.41, 5.74) is 0. The number of aromatic nitrogens is 3. The number of ether oxygens (including phenoxy) is 2. The normalized spacial score (nSPS) is 15.5. The van der Waals surface area contributed by atoms with E-state index in [1.165, 1.54) is 6.42 Å². The van der Waals surface area contributed by atoms with Crippen LogP contribution in [0.2, 0.25) is 5.28 Å². The van der Waals surface area contributed by atoms with Crippen molar-refractivity contribution >= 4 is 17.5 Å². The van der Waals surface area contributed by atoms with E-state index in [2.05, 4.69) is 33.7 Å². The minimum Gasteiger partial charge on any atom is -0.461 e. The molecule has 0 saturated carbocycles. The molecule has 0 aromatic carbocycles. The molecule has 0 bridgehead atoms. The molecule has 0 radical (unpaired) electrons. The van der Waals surface area contributed by atoms with Crippen LogP contribution in [0.5, 0.6) is 6.01 Å². The van der Waals surface area contributed by atoms with E-state index in [4.69, 9.17) is 21.1 Å². The average molecular weight is 315 g/mol. The highest BCUT2D eigenvalue weighted by atomic mass is 35.5. The number of hydrogen-bond donors (Lipinski definition) is 0. The maximum Gasteiger partial charge on any atom is 0.322 e. The Morgan fingerprint density at radius 3 is 2.57 bits per heavy atom. The first-order valence-corrected chi connectivity index (χ1v) is 7.90. The third kappa shape index (κ3) is 5.63. The summed E-state index contributed by atoms with van der Waals surface area (Å²) >= 11 is 5.95. The molecular formula is C14H23ClN4O2. The zero-order valence-corrected chi connectivity index (χ0v) is 13.5. The van der Waals surface area contributed by atoms with Gasteiger partial charge in [0.2, 0.25) is 11.2 Å². The second-order valence-electron chi connectivity index (χ2n) is 5.55. The van der Waals surface area contributed by atoms with Crippen molar-refractivity contribution in [1.29, 1.82) is 0 Å². The average Bonchev–Trinajstić information content (AvgIpc) is 2.47. The Hall–Kier alpha value is -1.14. The summed E-state index contributed by atoms with van der Waals surface area (Å²) in [6, 6.07) is 0.267. The van der Waals surface area contributed by atoms with E-state index in [1.54, 1.807) is 0 Å². The lowest BCUT2D eigenvalue weighted by Gasteiger charge is -2.26. The Morgan fingerprint density at radius 1 is 1.10 bits per heavy atom. The van der Waals surface area contributed by atoms with Crippen LogP contribution < -0.4 is 9.64 Å². The molecule has 1 aliphatic heterocycles. The van der Waals surface area contributed by atoms with E-state index in [0.29, 0.717) is 25.1 Å². The maximum atomic E-state index is 5.95. The van der Waals surface area contributed by atoms with Crippen molar-refractivity contribution in [2.75, 3.05) is 37.8 Å². The Kier molecular flexibility index (Phi) is 6.45. The molecule has 1 fully saturated rings. The van der Waals surface area contributed by atoms with Crippen LogP contribution in [0, 0.1) is 5.92 Å². The highest BCUT2D eigenvalue weighted by Gasteiger charge is 2.16. The fourth-order valence-electron chi connectivity index (χ4n) is 2.13. The molecule has 2 heterocycles. The first-order chi connectivity index (χ1) is 10.1. The lowest BCUT2D eigenvalue weighted by atomic mass is 10.1. The van der Waals surface area contributed by atoms with Gasteiger partial charge in [0.25, 0.3) is 0 Å². The molecular weight excluding hydrogens is 292 g/mol.